The van der Waals surface area contributed by atoms with E-state index >= 15 is 0 Å². The van der Waals surface area contributed by atoms with Gasteiger partial charge in [-0.05, 0) is 23.8 Å². The van der Waals surface area contributed by atoms with E-state index in [0.717, 1.165) is 35.7 Å². The molecule has 1 aromatic heterocycles. The highest BCUT2D eigenvalue weighted by Gasteiger charge is 2.14. The SMILES string of the molecule is Oc1cccc(CC2=NCCN2)c1-c1ccccn1. The quantitative estimate of drug-likeness (QED) is 0.879. The molecule has 0 saturated carbocycles. The van der Waals surface area contributed by atoms with E-state index in [4.69, 9.17) is 0 Å². The number of pyridine rings is 1. The van der Waals surface area contributed by atoms with Crippen LogP contribution in [0.4, 0.5) is 0 Å². The van der Waals surface area contributed by atoms with Crippen molar-refractivity contribution in [3.8, 4) is 17.0 Å². The molecule has 2 N–H and O–H groups in total. The zero-order valence-corrected chi connectivity index (χ0v) is 10.5. The number of aliphatic imine (C=N–C) groups is 1. The monoisotopic (exact) mass is 253 g/mol. The second-order valence-electron chi connectivity index (χ2n) is 4.46. The molecule has 0 amide bonds. The summed E-state index contributed by atoms with van der Waals surface area (Å²) in [7, 11) is 0. The predicted molar refractivity (Wildman–Crippen MR) is 75.3 cm³/mol. The fourth-order valence-corrected chi connectivity index (χ4v) is 2.29. The second-order valence-corrected chi connectivity index (χ2v) is 4.46. The van der Waals surface area contributed by atoms with E-state index in [1.165, 1.54) is 0 Å². The Labute approximate surface area is 111 Å². The Kier molecular flexibility index (Phi) is 3.14. The lowest BCUT2D eigenvalue weighted by Gasteiger charge is -2.11. The summed E-state index contributed by atoms with van der Waals surface area (Å²) in [5.74, 6) is 1.23. The minimum absolute atomic E-state index is 0.259. The molecule has 1 aliphatic rings. The Balaban J connectivity index is 2.02. The van der Waals surface area contributed by atoms with E-state index in [-0.39, 0.29) is 5.75 Å². The van der Waals surface area contributed by atoms with Gasteiger partial charge in [0.25, 0.3) is 0 Å². The fraction of sp³-hybridized carbons (Fsp3) is 0.200. The molecule has 19 heavy (non-hydrogen) atoms. The average molecular weight is 253 g/mol. The molecule has 1 aromatic carbocycles. The van der Waals surface area contributed by atoms with Crippen LogP contribution in [0.15, 0.2) is 47.6 Å². The zero-order chi connectivity index (χ0) is 13.1. The Bertz CT molecular complexity index is 608. The van der Waals surface area contributed by atoms with Crippen LogP contribution in [0.3, 0.4) is 0 Å². The van der Waals surface area contributed by atoms with Crippen LogP contribution in [0, 0.1) is 0 Å². The van der Waals surface area contributed by atoms with Gasteiger partial charge in [0.1, 0.15) is 11.6 Å². The van der Waals surface area contributed by atoms with Crippen LogP contribution in [-0.4, -0.2) is 29.0 Å². The maximum Gasteiger partial charge on any atom is 0.125 e. The van der Waals surface area contributed by atoms with Crippen molar-refractivity contribution in [2.75, 3.05) is 13.1 Å². The highest BCUT2D eigenvalue weighted by atomic mass is 16.3. The number of phenols is 1. The van der Waals surface area contributed by atoms with Crippen molar-refractivity contribution in [1.82, 2.24) is 10.3 Å². The molecule has 2 heterocycles. The first-order valence-corrected chi connectivity index (χ1v) is 6.34. The molecule has 0 atom stereocenters. The number of phenolic OH excluding ortho intramolecular Hbond substituents is 1. The predicted octanol–water partition coefficient (Wildman–Crippen LogP) is 2.00. The van der Waals surface area contributed by atoms with Crippen molar-refractivity contribution in [1.29, 1.82) is 0 Å². The van der Waals surface area contributed by atoms with Gasteiger partial charge < -0.3 is 10.4 Å². The number of nitrogens with zero attached hydrogens (tertiary/aromatic N) is 2. The van der Waals surface area contributed by atoms with E-state index in [1.54, 1.807) is 12.3 Å². The summed E-state index contributed by atoms with van der Waals surface area (Å²) < 4.78 is 0. The van der Waals surface area contributed by atoms with Gasteiger partial charge in [-0.3, -0.25) is 9.98 Å². The molecule has 0 fully saturated rings. The molecule has 0 spiro atoms. The third-order valence-electron chi connectivity index (χ3n) is 3.15. The summed E-state index contributed by atoms with van der Waals surface area (Å²) in [4.78, 5) is 8.72. The largest absolute Gasteiger partial charge is 0.507 e. The number of aromatic hydroxyl groups is 1. The first kappa shape index (κ1) is 11.7. The molecule has 0 radical (unpaired) electrons. The maximum atomic E-state index is 10.1. The van der Waals surface area contributed by atoms with Crippen molar-refractivity contribution in [3.05, 3.63) is 48.2 Å². The molecule has 0 saturated heterocycles. The zero-order valence-electron chi connectivity index (χ0n) is 10.5. The van der Waals surface area contributed by atoms with E-state index in [9.17, 15) is 5.11 Å². The number of aromatic nitrogens is 1. The Morgan fingerprint density at radius 2 is 2.11 bits per heavy atom. The van der Waals surface area contributed by atoms with E-state index in [1.807, 2.05) is 30.3 Å². The van der Waals surface area contributed by atoms with Crippen molar-refractivity contribution in [2.45, 2.75) is 6.42 Å². The lowest BCUT2D eigenvalue weighted by molar-refractivity contribution is 0.476. The van der Waals surface area contributed by atoms with Crippen LogP contribution in [0.25, 0.3) is 11.3 Å². The van der Waals surface area contributed by atoms with Crippen LogP contribution in [0.2, 0.25) is 0 Å². The van der Waals surface area contributed by atoms with Crippen LogP contribution < -0.4 is 5.32 Å². The van der Waals surface area contributed by atoms with Gasteiger partial charge in [0.15, 0.2) is 0 Å². The second kappa shape index (κ2) is 5.10. The first-order chi connectivity index (χ1) is 9.34. The topological polar surface area (TPSA) is 57.5 Å². The van der Waals surface area contributed by atoms with Gasteiger partial charge in [0, 0.05) is 24.7 Å². The molecular formula is C15H15N3O. The number of nitrogens with one attached hydrogen (secondary N) is 1. The van der Waals surface area contributed by atoms with Crippen molar-refractivity contribution in [3.63, 3.8) is 0 Å². The van der Waals surface area contributed by atoms with Gasteiger partial charge in [0.2, 0.25) is 0 Å². The number of hydrogen-bond donors (Lipinski definition) is 2. The molecule has 0 bridgehead atoms. The standard InChI is InChI=1S/C15H15N3O/c19-13-6-3-4-11(10-14-17-8-9-18-14)15(13)12-5-1-2-7-16-12/h1-7,19H,8-10H2,(H,17,18). The summed E-state index contributed by atoms with van der Waals surface area (Å²) in [5, 5.41) is 13.4. The molecule has 4 heteroatoms. The third-order valence-corrected chi connectivity index (χ3v) is 3.15. The van der Waals surface area contributed by atoms with Crippen LogP contribution in [0.5, 0.6) is 5.75 Å². The number of hydrogen-bond acceptors (Lipinski definition) is 4. The van der Waals surface area contributed by atoms with Gasteiger partial charge in [-0.1, -0.05) is 18.2 Å². The normalized spacial score (nSPS) is 14.0. The molecule has 96 valence electrons. The van der Waals surface area contributed by atoms with Crippen LogP contribution >= 0.6 is 0 Å². The number of benzene rings is 1. The summed E-state index contributed by atoms with van der Waals surface area (Å²) in [5.41, 5.74) is 2.61. The summed E-state index contributed by atoms with van der Waals surface area (Å²) in [6.45, 7) is 1.72. The molecule has 4 nitrogen and oxygen atoms in total. The Morgan fingerprint density at radius 1 is 1.16 bits per heavy atom. The van der Waals surface area contributed by atoms with Gasteiger partial charge >= 0.3 is 0 Å². The van der Waals surface area contributed by atoms with Gasteiger partial charge in [-0.15, -0.1) is 0 Å². The summed E-state index contributed by atoms with van der Waals surface area (Å²) in [6, 6.07) is 11.2. The molecule has 3 rings (SSSR count). The Hall–Kier alpha value is -2.36. The molecule has 1 aliphatic heterocycles. The Morgan fingerprint density at radius 3 is 2.84 bits per heavy atom. The smallest absolute Gasteiger partial charge is 0.125 e. The van der Waals surface area contributed by atoms with Gasteiger partial charge in [-0.2, -0.15) is 0 Å². The minimum atomic E-state index is 0.259. The lowest BCUT2D eigenvalue weighted by atomic mass is 9.99. The first-order valence-electron chi connectivity index (χ1n) is 6.34. The minimum Gasteiger partial charge on any atom is -0.507 e. The summed E-state index contributed by atoms with van der Waals surface area (Å²) >= 11 is 0. The number of amidine groups is 1. The molecular weight excluding hydrogens is 238 g/mol. The van der Waals surface area contributed by atoms with Crippen molar-refractivity contribution >= 4 is 5.84 Å². The molecule has 0 unspecified atom stereocenters. The third kappa shape index (κ3) is 2.42. The average Bonchev–Trinajstić information content (AvgIpc) is 2.93. The maximum absolute atomic E-state index is 10.1. The van der Waals surface area contributed by atoms with Crippen LogP contribution in [-0.2, 0) is 6.42 Å². The summed E-state index contributed by atoms with van der Waals surface area (Å²) in [6.07, 6.45) is 2.43. The van der Waals surface area contributed by atoms with Crippen LogP contribution in [0.1, 0.15) is 5.56 Å². The van der Waals surface area contributed by atoms with Crippen molar-refractivity contribution in [2.24, 2.45) is 4.99 Å². The highest BCUT2D eigenvalue weighted by Crippen LogP contribution is 2.31. The lowest BCUT2D eigenvalue weighted by Crippen LogP contribution is -2.20. The van der Waals surface area contributed by atoms with Gasteiger partial charge in [0.05, 0.1) is 12.2 Å². The van der Waals surface area contributed by atoms with E-state index < -0.39 is 0 Å². The highest BCUT2D eigenvalue weighted by molar-refractivity contribution is 5.88. The molecule has 2 aromatic rings. The fourth-order valence-electron chi connectivity index (χ4n) is 2.29. The van der Waals surface area contributed by atoms with E-state index in [0.29, 0.717) is 6.42 Å². The molecule has 0 aliphatic carbocycles. The van der Waals surface area contributed by atoms with E-state index in [2.05, 4.69) is 15.3 Å². The van der Waals surface area contributed by atoms with Gasteiger partial charge in [-0.25, -0.2) is 0 Å². The number of rotatable bonds is 3. The van der Waals surface area contributed by atoms with Crippen molar-refractivity contribution < 1.29 is 5.11 Å².